The number of aryl methyl sites for hydroxylation is 1. The first-order chi connectivity index (χ1) is 10.6. The van der Waals surface area contributed by atoms with Gasteiger partial charge in [-0.3, -0.25) is 9.59 Å². The van der Waals surface area contributed by atoms with Crippen LogP contribution in [0.3, 0.4) is 0 Å². The first kappa shape index (κ1) is 14.6. The van der Waals surface area contributed by atoms with Crippen LogP contribution in [0.5, 0.6) is 0 Å². The number of likely N-dealkylation sites (tertiary alicyclic amines) is 1. The predicted octanol–water partition coefficient (Wildman–Crippen LogP) is 1.76. The molecule has 3 rings (SSSR count). The molecule has 1 aromatic carbocycles. The molecule has 22 heavy (non-hydrogen) atoms. The number of primary amides is 1. The standard InChI is InChI=1S/C17H21N3O2/c18-17(22)14-6-10-20(11-7-14)16(21)8-12-19-9-5-13-3-1-2-4-15(13)19/h1-5,9,14H,6-8,10-12H2,(H2,18,22). The number of benzene rings is 1. The van der Waals surface area contributed by atoms with Crippen molar-refractivity contribution in [2.24, 2.45) is 11.7 Å². The molecule has 116 valence electrons. The van der Waals surface area contributed by atoms with Gasteiger partial charge < -0.3 is 15.2 Å². The Labute approximate surface area is 129 Å². The normalized spacial score (nSPS) is 16.1. The van der Waals surface area contributed by atoms with E-state index in [1.807, 2.05) is 23.2 Å². The van der Waals surface area contributed by atoms with Crippen molar-refractivity contribution in [3.05, 3.63) is 36.5 Å². The van der Waals surface area contributed by atoms with Crippen LogP contribution in [0.1, 0.15) is 19.3 Å². The fraction of sp³-hybridized carbons (Fsp3) is 0.412. The van der Waals surface area contributed by atoms with Crippen molar-refractivity contribution in [2.75, 3.05) is 13.1 Å². The van der Waals surface area contributed by atoms with Crippen molar-refractivity contribution in [1.82, 2.24) is 9.47 Å². The van der Waals surface area contributed by atoms with E-state index in [9.17, 15) is 9.59 Å². The van der Waals surface area contributed by atoms with E-state index >= 15 is 0 Å². The lowest BCUT2D eigenvalue weighted by atomic mass is 9.96. The van der Waals surface area contributed by atoms with Crippen LogP contribution in [0.15, 0.2) is 36.5 Å². The van der Waals surface area contributed by atoms with Gasteiger partial charge in [0, 0.05) is 43.7 Å². The molecule has 0 radical (unpaired) electrons. The number of fused-ring (bicyclic) bond motifs is 1. The summed E-state index contributed by atoms with van der Waals surface area (Å²) in [4.78, 5) is 25.3. The van der Waals surface area contributed by atoms with E-state index in [4.69, 9.17) is 5.73 Å². The van der Waals surface area contributed by atoms with Crippen LogP contribution in [0.25, 0.3) is 10.9 Å². The highest BCUT2D eigenvalue weighted by atomic mass is 16.2. The van der Waals surface area contributed by atoms with Crippen molar-refractivity contribution >= 4 is 22.7 Å². The van der Waals surface area contributed by atoms with Crippen LogP contribution in [0, 0.1) is 5.92 Å². The first-order valence-corrected chi connectivity index (χ1v) is 7.76. The largest absolute Gasteiger partial charge is 0.369 e. The zero-order valence-electron chi connectivity index (χ0n) is 12.6. The van der Waals surface area contributed by atoms with Gasteiger partial charge >= 0.3 is 0 Å². The summed E-state index contributed by atoms with van der Waals surface area (Å²) in [5.74, 6) is -0.163. The molecule has 0 aliphatic carbocycles. The van der Waals surface area contributed by atoms with Gasteiger partial charge in [0.15, 0.2) is 0 Å². The molecule has 0 bridgehead atoms. The molecule has 1 aliphatic rings. The Morgan fingerprint density at radius 2 is 1.86 bits per heavy atom. The Bertz CT molecular complexity index is 684. The van der Waals surface area contributed by atoms with E-state index in [0.29, 0.717) is 38.9 Å². The van der Waals surface area contributed by atoms with E-state index in [0.717, 1.165) is 5.52 Å². The molecule has 5 nitrogen and oxygen atoms in total. The number of rotatable bonds is 4. The molecule has 0 saturated carbocycles. The minimum absolute atomic E-state index is 0.0718. The van der Waals surface area contributed by atoms with Crippen molar-refractivity contribution in [3.63, 3.8) is 0 Å². The van der Waals surface area contributed by atoms with Crippen LogP contribution in [0.2, 0.25) is 0 Å². The van der Waals surface area contributed by atoms with Crippen molar-refractivity contribution in [3.8, 4) is 0 Å². The van der Waals surface area contributed by atoms with E-state index < -0.39 is 0 Å². The van der Waals surface area contributed by atoms with Gasteiger partial charge in [0.25, 0.3) is 0 Å². The number of nitrogens with two attached hydrogens (primary N) is 1. The Morgan fingerprint density at radius 3 is 2.59 bits per heavy atom. The molecule has 0 atom stereocenters. The van der Waals surface area contributed by atoms with E-state index in [1.54, 1.807) is 0 Å². The van der Waals surface area contributed by atoms with Gasteiger partial charge in [0.1, 0.15) is 0 Å². The summed E-state index contributed by atoms with van der Waals surface area (Å²) in [7, 11) is 0. The van der Waals surface area contributed by atoms with Crippen molar-refractivity contribution in [1.29, 1.82) is 0 Å². The quantitative estimate of drug-likeness (QED) is 0.934. The number of nitrogens with zero attached hydrogens (tertiary/aromatic N) is 2. The summed E-state index contributed by atoms with van der Waals surface area (Å²) in [5, 5.41) is 1.19. The van der Waals surface area contributed by atoms with Crippen molar-refractivity contribution < 1.29 is 9.59 Å². The summed E-state index contributed by atoms with van der Waals surface area (Å²) >= 11 is 0. The predicted molar refractivity (Wildman–Crippen MR) is 85.1 cm³/mol. The maximum absolute atomic E-state index is 12.3. The molecular weight excluding hydrogens is 278 g/mol. The second kappa shape index (κ2) is 6.22. The lowest BCUT2D eigenvalue weighted by Crippen LogP contribution is -2.41. The zero-order valence-corrected chi connectivity index (χ0v) is 12.6. The summed E-state index contributed by atoms with van der Waals surface area (Å²) < 4.78 is 2.11. The molecule has 5 heteroatoms. The van der Waals surface area contributed by atoms with Crippen LogP contribution < -0.4 is 5.73 Å². The van der Waals surface area contributed by atoms with Crippen LogP contribution in [-0.2, 0) is 16.1 Å². The highest BCUT2D eigenvalue weighted by Gasteiger charge is 2.25. The number of hydrogen-bond donors (Lipinski definition) is 1. The maximum Gasteiger partial charge on any atom is 0.224 e. The average molecular weight is 299 g/mol. The Balaban J connectivity index is 1.56. The van der Waals surface area contributed by atoms with E-state index in [-0.39, 0.29) is 17.7 Å². The molecular formula is C17H21N3O2. The van der Waals surface area contributed by atoms with E-state index in [1.165, 1.54) is 5.39 Å². The average Bonchev–Trinajstić information content (AvgIpc) is 2.96. The second-order valence-electron chi connectivity index (χ2n) is 5.88. The Kier molecular flexibility index (Phi) is 4.13. The number of hydrogen-bond acceptors (Lipinski definition) is 2. The number of carbonyl (C=O) groups excluding carboxylic acids is 2. The van der Waals surface area contributed by atoms with E-state index in [2.05, 4.69) is 22.8 Å². The fourth-order valence-electron chi connectivity index (χ4n) is 3.12. The molecule has 2 amide bonds. The molecule has 2 aromatic rings. The Morgan fingerprint density at radius 1 is 1.14 bits per heavy atom. The number of aromatic nitrogens is 1. The zero-order chi connectivity index (χ0) is 15.5. The van der Waals surface area contributed by atoms with Gasteiger partial charge in [-0.25, -0.2) is 0 Å². The summed E-state index contributed by atoms with van der Waals surface area (Å²) in [5.41, 5.74) is 6.47. The summed E-state index contributed by atoms with van der Waals surface area (Å²) in [6, 6.07) is 10.2. The number of carbonyl (C=O) groups is 2. The van der Waals surface area contributed by atoms with Gasteiger partial charge in [-0.15, -0.1) is 0 Å². The molecule has 1 saturated heterocycles. The van der Waals surface area contributed by atoms with Gasteiger partial charge in [-0.05, 0) is 30.4 Å². The lowest BCUT2D eigenvalue weighted by molar-refractivity contribution is -0.135. The van der Waals surface area contributed by atoms with Crippen LogP contribution in [0.4, 0.5) is 0 Å². The monoisotopic (exact) mass is 299 g/mol. The van der Waals surface area contributed by atoms with Crippen molar-refractivity contribution in [2.45, 2.75) is 25.8 Å². The Hall–Kier alpha value is -2.30. The highest BCUT2D eigenvalue weighted by molar-refractivity contribution is 5.81. The molecule has 2 N–H and O–H groups in total. The molecule has 2 heterocycles. The summed E-state index contributed by atoms with van der Waals surface area (Å²) in [6.07, 6.45) is 3.89. The number of para-hydroxylation sites is 1. The topological polar surface area (TPSA) is 68.3 Å². The summed E-state index contributed by atoms with van der Waals surface area (Å²) in [6.45, 7) is 1.96. The number of amides is 2. The molecule has 1 aromatic heterocycles. The van der Waals surface area contributed by atoms with Gasteiger partial charge in [0.05, 0.1) is 0 Å². The minimum atomic E-state index is -0.245. The first-order valence-electron chi connectivity index (χ1n) is 7.76. The van der Waals surface area contributed by atoms with Gasteiger partial charge in [-0.2, -0.15) is 0 Å². The van der Waals surface area contributed by atoms with Crippen LogP contribution >= 0.6 is 0 Å². The SMILES string of the molecule is NC(=O)C1CCN(C(=O)CCn2ccc3ccccc32)CC1. The maximum atomic E-state index is 12.3. The smallest absolute Gasteiger partial charge is 0.224 e. The lowest BCUT2D eigenvalue weighted by Gasteiger charge is -2.30. The molecule has 1 fully saturated rings. The highest BCUT2D eigenvalue weighted by Crippen LogP contribution is 2.19. The third-order valence-corrected chi connectivity index (χ3v) is 4.50. The fourth-order valence-corrected chi connectivity index (χ4v) is 3.12. The van der Waals surface area contributed by atoms with Gasteiger partial charge in [0.2, 0.25) is 11.8 Å². The molecule has 1 aliphatic heterocycles. The minimum Gasteiger partial charge on any atom is -0.369 e. The molecule has 0 unspecified atom stereocenters. The number of piperidine rings is 1. The molecule has 0 spiro atoms. The third kappa shape index (κ3) is 2.98. The second-order valence-corrected chi connectivity index (χ2v) is 5.88. The van der Waals surface area contributed by atoms with Crippen LogP contribution in [-0.4, -0.2) is 34.4 Å². The van der Waals surface area contributed by atoms with Gasteiger partial charge in [-0.1, -0.05) is 18.2 Å². The third-order valence-electron chi connectivity index (χ3n) is 4.50.